The number of ether oxygens (including phenoxy) is 1. The first-order valence-corrected chi connectivity index (χ1v) is 12.7. The molecule has 2 aromatic carbocycles. The molecule has 9 nitrogen and oxygen atoms in total. The second-order valence-electron chi connectivity index (χ2n) is 9.29. The largest absolute Gasteiger partial charge is 0.463 e. The van der Waals surface area contributed by atoms with Crippen LogP contribution in [0.5, 0.6) is 0 Å². The Hall–Kier alpha value is -3.85. The number of amides is 4. The lowest BCUT2D eigenvalue weighted by molar-refractivity contribution is -0.139. The summed E-state index contributed by atoms with van der Waals surface area (Å²) < 4.78 is 5.45. The van der Waals surface area contributed by atoms with Crippen molar-refractivity contribution in [2.24, 2.45) is 0 Å². The molecular weight excluding hydrogens is 470 g/mol. The highest BCUT2D eigenvalue weighted by Gasteiger charge is 2.38. The van der Waals surface area contributed by atoms with Gasteiger partial charge in [-0.25, -0.2) is 14.4 Å². The van der Waals surface area contributed by atoms with Gasteiger partial charge in [0.2, 0.25) is 0 Å². The molecule has 2 heterocycles. The predicted molar refractivity (Wildman–Crippen MR) is 142 cm³/mol. The smallest absolute Gasteiger partial charge is 0.338 e. The molecule has 196 valence electrons. The van der Waals surface area contributed by atoms with Gasteiger partial charge in [0.25, 0.3) is 0 Å². The Balaban J connectivity index is 1.56. The average molecular weight is 506 g/mol. The fourth-order valence-electron chi connectivity index (χ4n) is 4.81. The Morgan fingerprint density at radius 2 is 1.76 bits per heavy atom. The highest BCUT2D eigenvalue weighted by molar-refractivity contribution is 5.95. The maximum Gasteiger partial charge on any atom is 0.338 e. The molecule has 0 saturated carbocycles. The van der Waals surface area contributed by atoms with Crippen LogP contribution in [0.1, 0.15) is 30.5 Å². The Labute approximate surface area is 218 Å². The zero-order chi connectivity index (χ0) is 26.4. The minimum absolute atomic E-state index is 0.131. The molecule has 2 aliphatic rings. The first-order chi connectivity index (χ1) is 17.9. The number of likely N-dealkylation sites (N-methyl/N-ethyl adjacent to an activating group) is 1. The van der Waals surface area contributed by atoms with Crippen LogP contribution < -0.4 is 10.6 Å². The van der Waals surface area contributed by atoms with Crippen LogP contribution in [-0.4, -0.2) is 79.1 Å². The van der Waals surface area contributed by atoms with Crippen LogP contribution in [0.15, 0.2) is 65.9 Å². The molecular formula is C28H35N5O4. The van der Waals surface area contributed by atoms with Crippen LogP contribution in [0.25, 0.3) is 0 Å². The lowest BCUT2D eigenvalue weighted by Gasteiger charge is -2.37. The summed E-state index contributed by atoms with van der Waals surface area (Å²) in [6.07, 6.45) is 0.779. The number of anilines is 1. The van der Waals surface area contributed by atoms with E-state index < -0.39 is 12.0 Å². The third-order valence-electron chi connectivity index (χ3n) is 6.85. The van der Waals surface area contributed by atoms with Gasteiger partial charge in [0.15, 0.2) is 0 Å². The first-order valence-electron chi connectivity index (χ1n) is 12.7. The monoisotopic (exact) mass is 505 g/mol. The van der Waals surface area contributed by atoms with Gasteiger partial charge in [0, 0.05) is 51.2 Å². The number of para-hydroxylation sites is 1. The number of benzene rings is 2. The molecule has 1 fully saturated rings. The minimum Gasteiger partial charge on any atom is -0.463 e. The summed E-state index contributed by atoms with van der Waals surface area (Å²) in [5.41, 5.74) is 3.67. The summed E-state index contributed by atoms with van der Waals surface area (Å²) in [4.78, 5) is 44.6. The van der Waals surface area contributed by atoms with E-state index in [2.05, 4.69) is 15.5 Å². The van der Waals surface area contributed by atoms with E-state index in [0.717, 1.165) is 29.8 Å². The molecule has 2 N–H and O–H groups in total. The van der Waals surface area contributed by atoms with Crippen LogP contribution in [-0.2, 0) is 9.53 Å². The van der Waals surface area contributed by atoms with Gasteiger partial charge in [-0.3, -0.25) is 9.80 Å². The number of rotatable bonds is 6. The van der Waals surface area contributed by atoms with Gasteiger partial charge in [-0.1, -0.05) is 42.5 Å². The molecule has 2 aromatic rings. The number of aryl methyl sites for hydroxylation is 1. The number of carbonyl (C=O) groups excluding carboxylic acids is 3. The number of hydrogen-bond acceptors (Lipinski definition) is 5. The van der Waals surface area contributed by atoms with Crippen molar-refractivity contribution in [2.45, 2.75) is 26.3 Å². The zero-order valence-electron chi connectivity index (χ0n) is 21.7. The second-order valence-corrected chi connectivity index (χ2v) is 9.29. The van der Waals surface area contributed by atoms with Crippen molar-refractivity contribution >= 4 is 23.7 Å². The predicted octanol–water partition coefficient (Wildman–Crippen LogP) is 3.75. The van der Waals surface area contributed by atoms with Crippen LogP contribution in [0.3, 0.4) is 0 Å². The number of esters is 1. The van der Waals surface area contributed by atoms with Gasteiger partial charge >= 0.3 is 18.0 Å². The molecule has 37 heavy (non-hydrogen) atoms. The number of nitrogens with zero attached hydrogens (tertiary/aromatic N) is 3. The van der Waals surface area contributed by atoms with Crippen molar-refractivity contribution in [3.8, 4) is 0 Å². The van der Waals surface area contributed by atoms with E-state index in [-0.39, 0.29) is 18.7 Å². The molecule has 9 heteroatoms. The zero-order valence-corrected chi connectivity index (χ0v) is 21.7. The Morgan fingerprint density at radius 3 is 2.49 bits per heavy atom. The molecule has 1 atom stereocenters. The van der Waals surface area contributed by atoms with E-state index in [1.807, 2.05) is 61.5 Å². The molecule has 0 radical (unpaired) electrons. The highest BCUT2D eigenvalue weighted by Crippen LogP contribution is 2.33. The first kappa shape index (κ1) is 26.2. The summed E-state index contributed by atoms with van der Waals surface area (Å²) in [6, 6.07) is 16.1. The van der Waals surface area contributed by atoms with Crippen molar-refractivity contribution in [3.05, 3.63) is 77.0 Å². The van der Waals surface area contributed by atoms with Gasteiger partial charge in [-0.2, -0.15) is 0 Å². The summed E-state index contributed by atoms with van der Waals surface area (Å²) in [6.45, 7) is 6.89. The molecule has 0 spiro atoms. The van der Waals surface area contributed by atoms with E-state index in [4.69, 9.17) is 4.74 Å². The Kier molecular flexibility index (Phi) is 8.45. The third-order valence-corrected chi connectivity index (χ3v) is 6.85. The minimum atomic E-state index is -0.598. The normalized spacial score (nSPS) is 18.8. The van der Waals surface area contributed by atoms with Crippen molar-refractivity contribution in [3.63, 3.8) is 0 Å². The van der Waals surface area contributed by atoms with Crippen LogP contribution in [0.4, 0.5) is 15.3 Å². The van der Waals surface area contributed by atoms with Gasteiger partial charge < -0.3 is 20.3 Å². The van der Waals surface area contributed by atoms with Crippen LogP contribution in [0.2, 0.25) is 0 Å². The lowest BCUT2D eigenvalue weighted by Crippen LogP contribution is -2.49. The summed E-state index contributed by atoms with van der Waals surface area (Å²) in [5.74, 6) is -0.434. The summed E-state index contributed by atoms with van der Waals surface area (Å²) >= 11 is 0. The maximum absolute atomic E-state index is 13.2. The van der Waals surface area contributed by atoms with E-state index >= 15 is 0 Å². The molecule has 0 aromatic heterocycles. The average Bonchev–Trinajstić information content (AvgIpc) is 3.13. The van der Waals surface area contributed by atoms with Gasteiger partial charge in [0.1, 0.15) is 0 Å². The molecule has 4 amide bonds. The van der Waals surface area contributed by atoms with E-state index in [9.17, 15) is 14.4 Å². The number of urea groups is 2. The van der Waals surface area contributed by atoms with Gasteiger partial charge in [-0.05, 0) is 43.5 Å². The fourth-order valence-corrected chi connectivity index (χ4v) is 4.81. The van der Waals surface area contributed by atoms with Crippen molar-refractivity contribution < 1.29 is 19.1 Å². The number of carbonyl (C=O) groups is 3. The van der Waals surface area contributed by atoms with Crippen LogP contribution in [0, 0.1) is 6.92 Å². The second kappa shape index (κ2) is 11.9. The molecule has 0 bridgehead atoms. The molecule has 1 saturated heterocycles. The fraction of sp³-hybridized carbons (Fsp3) is 0.393. The van der Waals surface area contributed by atoms with Crippen LogP contribution >= 0.6 is 0 Å². The molecule has 2 aliphatic heterocycles. The third kappa shape index (κ3) is 6.11. The molecule has 4 rings (SSSR count). The standard InChI is InChI=1S/C28H35N5O4/c1-4-37-26(34)24-23(31(3)27(35)30-25(24)22-14-9-8-11-20(22)2)19-32-15-10-16-33(18-17-32)28(36)29-21-12-6-5-7-13-21/h5-9,11-14,25H,4,10,15-19H2,1-3H3,(H,29,36)(H,30,35)/t25-/m1/s1. The quantitative estimate of drug-likeness (QED) is 0.584. The van der Waals surface area contributed by atoms with Crippen molar-refractivity contribution in [2.75, 3.05) is 51.7 Å². The Morgan fingerprint density at radius 1 is 1.03 bits per heavy atom. The Bertz CT molecular complexity index is 1170. The number of nitrogens with one attached hydrogen (secondary N) is 2. The topological polar surface area (TPSA) is 94.2 Å². The lowest BCUT2D eigenvalue weighted by atomic mass is 9.91. The SMILES string of the molecule is CCOC(=O)C1=C(CN2CCCN(C(=O)Nc3ccccc3)CC2)N(C)C(=O)N[C@@H]1c1ccccc1C. The highest BCUT2D eigenvalue weighted by atomic mass is 16.5. The van der Waals surface area contributed by atoms with Gasteiger partial charge in [-0.15, -0.1) is 0 Å². The summed E-state index contributed by atoms with van der Waals surface area (Å²) in [7, 11) is 1.68. The van der Waals surface area contributed by atoms with E-state index in [0.29, 0.717) is 37.4 Å². The van der Waals surface area contributed by atoms with Gasteiger partial charge in [0.05, 0.1) is 18.2 Å². The number of hydrogen-bond donors (Lipinski definition) is 2. The maximum atomic E-state index is 13.2. The van der Waals surface area contributed by atoms with E-state index in [1.54, 1.807) is 18.9 Å². The molecule has 0 unspecified atom stereocenters. The summed E-state index contributed by atoms with van der Waals surface area (Å²) in [5, 5.41) is 5.94. The van der Waals surface area contributed by atoms with Crippen molar-refractivity contribution in [1.29, 1.82) is 0 Å². The molecule has 0 aliphatic carbocycles. The van der Waals surface area contributed by atoms with Crippen molar-refractivity contribution in [1.82, 2.24) is 20.0 Å². The van der Waals surface area contributed by atoms with E-state index in [1.165, 1.54) is 4.90 Å².